The Kier molecular flexibility index (Phi) is 6.36. The standard InChI is InChI=1S/C23H27N9O4/c1-14(2)36-23(34)30-8-6-16(7-9-30)32-19(33)10-35-20-21(25-12-26-22(20)32)29-17-4-5-18(28-15(17)3)31-13-24-11-27-31/h4-5,11-14,16H,6-10H2,1-3H3,(H,25,26,29). The van der Waals surface area contributed by atoms with E-state index in [1.165, 1.54) is 12.7 Å². The van der Waals surface area contributed by atoms with E-state index in [9.17, 15) is 9.59 Å². The number of aryl methyl sites for hydroxylation is 1. The third kappa shape index (κ3) is 4.63. The van der Waals surface area contributed by atoms with Crippen molar-refractivity contribution in [3.63, 3.8) is 0 Å². The zero-order chi connectivity index (χ0) is 25.2. The number of fused-ring (bicyclic) bond motifs is 1. The van der Waals surface area contributed by atoms with Crippen molar-refractivity contribution in [2.24, 2.45) is 0 Å². The maximum atomic E-state index is 12.9. The number of hydrogen-bond acceptors (Lipinski definition) is 10. The molecular weight excluding hydrogens is 466 g/mol. The smallest absolute Gasteiger partial charge is 0.410 e. The van der Waals surface area contributed by atoms with Gasteiger partial charge in [-0.05, 0) is 45.7 Å². The summed E-state index contributed by atoms with van der Waals surface area (Å²) < 4.78 is 12.7. The molecule has 1 N–H and O–H groups in total. The molecule has 0 aromatic carbocycles. The van der Waals surface area contributed by atoms with Crippen molar-refractivity contribution >= 4 is 29.3 Å². The zero-order valence-corrected chi connectivity index (χ0v) is 20.3. The highest BCUT2D eigenvalue weighted by Gasteiger charge is 2.37. The first-order valence-electron chi connectivity index (χ1n) is 11.8. The molecule has 2 aliphatic rings. The van der Waals surface area contributed by atoms with Crippen LogP contribution in [0.4, 0.5) is 22.1 Å². The van der Waals surface area contributed by atoms with Gasteiger partial charge in [-0.1, -0.05) is 0 Å². The number of nitrogens with one attached hydrogen (secondary N) is 1. The van der Waals surface area contributed by atoms with Crippen molar-refractivity contribution in [1.82, 2.24) is 34.6 Å². The van der Waals surface area contributed by atoms with Crippen molar-refractivity contribution in [2.45, 2.75) is 45.8 Å². The highest BCUT2D eigenvalue weighted by atomic mass is 16.6. The number of pyridine rings is 1. The Balaban J connectivity index is 1.34. The summed E-state index contributed by atoms with van der Waals surface area (Å²) in [5, 5.41) is 7.36. The first-order valence-corrected chi connectivity index (χ1v) is 11.8. The second-order valence-electron chi connectivity index (χ2n) is 8.85. The summed E-state index contributed by atoms with van der Waals surface area (Å²) in [6, 6.07) is 3.56. The van der Waals surface area contributed by atoms with Gasteiger partial charge in [0.1, 0.15) is 19.0 Å². The van der Waals surface area contributed by atoms with E-state index < -0.39 is 0 Å². The Morgan fingerprint density at radius 1 is 1.19 bits per heavy atom. The van der Waals surface area contributed by atoms with Crippen LogP contribution < -0.4 is 15.0 Å². The Hall–Kier alpha value is -4.29. The van der Waals surface area contributed by atoms with Gasteiger partial charge in [0.25, 0.3) is 5.91 Å². The van der Waals surface area contributed by atoms with Crippen LogP contribution >= 0.6 is 0 Å². The minimum atomic E-state index is -0.329. The van der Waals surface area contributed by atoms with E-state index in [4.69, 9.17) is 9.47 Å². The summed E-state index contributed by atoms with van der Waals surface area (Å²) in [6.07, 6.45) is 5.13. The average Bonchev–Trinajstić information content (AvgIpc) is 3.40. The number of anilines is 3. The summed E-state index contributed by atoms with van der Waals surface area (Å²) in [5.74, 6) is 1.71. The van der Waals surface area contributed by atoms with Crippen molar-refractivity contribution < 1.29 is 19.1 Å². The molecule has 0 spiro atoms. The van der Waals surface area contributed by atoms with E-state index in [2.05, 4.69) is 30.4 Å². The van der Waals surface area contributed by atoms with Crippen LogP contribution in [0, 0.1) is 6.92 Å². The molecule has 0 atom stereocenters. The molecule has 3 aromatic rings. The second-order valence-corrected chi connectivity index (χ2v) is 8.85. The molecule has 0 unspecified atom stereocenters. The Morgan fingerprint density at radius 2 is 2.00 bits per heavy atom. The van der Waals surface area contributed by atoms with E-state index in [1.54, 1.807) is 20.8 Å². The van der Waals surface area contributed by atoms with Gasteiger partial charge in [0.15, 0.2) is 24.1 Å². The lowest BCUT2D eigenvalue weighted by Crippen LogP contribution is -2.52. The van der Waals surface area contributed by atoms with Crippen molar-refractivity contribution in [2.75, 3.05) is 29.9 Å². The first-order chi connectivity index (χ1) is 17.4. The van der Waals surface area contributed by atoms with Crippen molar-refractivity contribution in [3.8, 4) is 11.6 Å². The number of amides is 2. The number of nitrogens with zero attached hydrogens (tertiary/aromatic N) is 8. The van der Waals surface area contributed by atoms with E-state index >= 15 is 0 Å². The van der Waals surface area contributed by atoms with Gasteiger partial charge in [0.2, 0.25) is 5.75 Å². The fraction of sp³-hybridized carbons (Fsp3) is 0.435. The van der Waals surface area contributed by atoms with Crippen LogP contribution in [0.2, 0.25) is 0 Å². The predicted octanol–water partition coefficient (Wildman–Crippen LogP) is 2.24. The molecule has 1 saturated heterocycles. The number of piperidine rings is 1. The van der Waals surface area contributed by atoms with Gasteiger partial charge in [0, 0.05) is 19.1 Å². The van der Waals surface area contributed by atoms with Crippen LogP contribution in [-0.2, 0) is 9.53 Å². The molecule has 0 radical (unpaired) electrons. The molecule has 2 aliphatic heterocycles. The molecule has 5 heterocycles. The Morgan fingerprint density at radius 3 is 2.69 bits per heavy atom. The molecule has 13 heteroatoms. The molecule has 1 fully saturated rings. The maximum Gasteiger partial charge on any atom is 0.410 e. The van der Waals surface area contributed by atoms with Gasteiger partial charge in [0.05, 0.1) is 17.5 Å². The first kappa shape index (κ1) is 23.5. The van der Waals surface area contributed by atoms with E-state index in [0.29, 0.717) is 49.1 Å². The molecule has 0 bridgehead atoms. The molecular formula is C23H27N9O4. The maximum absolute atomic E-state index is 12.9. The van der Waals surface area contributed by atoms with Crippen LogP contribution in [0.15, 0.2) is 31.1 Å². The Labute approximate surface area is 207 Å². The number of aromatic nitrogens is 6. The van der Waals surface area contributed by atoms with Gasteiger partial charge in [-0.15, -0.1) is 0 Å². The van der Waals surface area contributed by atoms with Crippen LogP contribution in [0.1, 0.15) is 32.4 Å². The fourth-order valence-electron chi connectivity index (χ4n) is 4.30. The molecule has 5 rings (SSSR count). The Bertz CT molecular complexity index is 1260. The lowest BCUT2D eigenvalue weighted by atomic mass is 10.0. The second kappa shape index (κ2) is 9.76. The number of likely N-dealkylation sites (tertiary alicyclic amines) is 1. The largest absolute Gasteiger partial charge is 0.476 e. The predicted molar refractivity (Wildman–Crippen MR) is 128 cm³/mol. The zero-order valence-electron chi connectivity index (χ0n) is 20.3. The van der Waals surface area contributed by atoms with Crippen LogP contribution in [0.5, 0.6) is 5.75 Å². The molecule has 0 saturated carbocycles. The number of hydrogen-bond donors (Lipinski definition) is 1. The quantitative estimate of drug-likeness (QED) is 0.562. The fourth-order valence-corrected chi connectivity index (χ4v) is 4.30. The molecule has 13 nitrogen and oxygen atoms in total. The average molecular weight is 494 g/mol. The molecule has 0 aliphatic carbocycles. The molecule has 2 amide bonds. The highest BCUT2D eigenvalue weighted by molar-refractivity contribution is 5.98. The number of ether oxygens (including phenoxy) is 2. The van der Waals surface area contributed by atoms with Crippen LogP contribution in [0.3, 0.4) is 0 Å². The van der Waals surface area contributed by atoms with Gasteiger partial charge in [-0.3, -0.25) is 9.69 Å². The SMILES string of the molecule is Cc1nc(-n2cncn2)ccc1Nc1ncnc2c1OCC(=O)N2C1CCN(C(=O)OC(C)C)CC1. The third-order valence-electron chi connectivity index (χ3n) is 6.02. The van der Waals surface area contributed by atoms with E-state index in [1.807, 2.05) is 32.9 Å². The van der Waals surface area contributed by atoms with Gasteiger partial charge >= 0.3 is 6.09 Å². The molecule has 3 aromatic heterocycles. The van der Waals surface area contributed by atoms with Gasteiger partial charge in [-0.25, -0.2) is 29.4 Å². The van der Waals surface area contributed by atoms with Gasteiger partial charge < -0.3 is 19.7 Å². The normalized spacial score (nSPS) is 16.1. The lowest BCUT2D eigenvalue weighted by Gasteiger charge is -2.39. The van der Waals surface area contributed by atoms with Crippen molar-refractivity contribution in [1.29, 1.82) is 0 Å². The van der Waals surface area contributed by atoms with Crippen LogP contribution in [-0.4, -0.2) is 78.5 Å². The van der Waals surface area contributed by atoms with Gasteiger partial charge in [-0.2, -0.15) is 5.10 Å². The topological polar surface area (TPSA) is 140 Å². The lowest BCUT2D eigenvalue weighted by molar-refractivity contribution is -0.122. The number of carbonyl (C=O) groups is 2. The summed E-state index contributed by atoms with van der Waals surface area (Å²) in [7, 11) is 0. The summed E-state index contributed by atoms with van der Waals surface area (Å²) in [6.45, 7) is 6.38. The molecule has 188 valence electrons. The van der Waals surface area contributed by atoms with Crippen LogP contribution in [0.25, 0.3) is 5.82 Å². The van der Waals surface area contributed by atoms with Crippen molar-refractivity contribution in [3.05, 3.63) is 36.8 Å². The monoisotopic (exact) mass is 493 g/mol. The minimum absolute atomic E-state index is 0.114. The summed E-state index contributed by atoms with van der Waals surface area (Å²) in [4.78, 5) is 45.7. The third-order valence-corrected chi connectivity index (χ3v) is 6.02. The highest BCUT2D eigenvalue weighted by Crippen LogP contribution is 2.39. The molecule has 36 heavy (non-hydrogen) atoms. The minimum Gasteiger partial charge on any atom is -0.476 e. The number of carbonyl (C=O) groups excluding carboxylic acids is 2. The summed E-state index contributed by atoms with van der Waals surface area (Å²) in [5.41, 5.74) is 1.45. The van der Waals surface area contributed by atoms with E-state index in [-0.39, 0.29) is 30.8 Å². The van der Waals surface area contributed by atoms with E-state index in [0.717, 1.165) is 11.4 Å². The summed E-state index contributed by atoms with van der Waals surface area (Å²) >= 11 is 0. The number of rotatable bonds is 5.